The molecule has 0 radical (unpaired) electrons. The summed E-state index contributed by atoms with van der Waals surface area (Å²) in [5.74, 6) is -0.438. The normalized spacial score (nSPS) is 22.4. The summed E-state index contributed by atoms with van der Waals surface area (Å²) < 4.78 is 49.9. The maximum Gasteiger partial charge on any atom is 0.418 e. The molecule has 2 N–H and O–H groups in total. The Morgan fingerprint density at radius 1 is 1.00 bits per heavy atom. The van der Waals surface area contributed by atoms with Crippen LogP contribution in [0.4, 0.5) is 23.7 Å². The molecule has 4 saturated heterocycles. The predicted octanol–water partition coefficient (Wildman–Crippen LogP) is 5.36. The van der Waals surface area contributed by atoms with Crippen molar-refractivity contribution < 1.29 is 27.5 Å². The van der Waals surface area contributed by atoms with Crippen molar-refractivity contribution in [3.05, 3.63) is 69.2 Å². The maximum absolute atomic E-state index is 14.2. The van der Waals surface area contributed by atoms with Gasteiger partial charge in [-0.1, -0.05) is 29.8 Å². The van der Waals surface area contributed by atoms with Crippen molar-refractivity contribution in [2.24, 2.45) is 0 Å². The average molecular weight is 769 g/mol. The molecule has 8 rings (SSSR count). The van der Waals surface area contributed by atoms with Gasteiger partial charge in [0, 0.05) is 82.3 Å². The smallest absolute Gasteiger partial charge is 0.418 e. The summed E-state index contributed by atoms with van der Waals surface area (Å²) >= 11 is 6.31. The van der Waals surface area contributed by atoms with E-state index in [1.807, 2.05) is 24.3 Å². The minimum Gasteiger partial charge on any atom is -0.436 e. The molecule has 12 nitrogen and oxygen atoms in total. The van der Waals surface area contributed by atoms with Gasteiger partial charge in [-0.15, -0.1) is 0 Å². The van der Waals surface area contributed by atoms with Crippen molar-refractivity contribution >= 4 is 51.2 Å². The van der Waals surface area contributed by atoms with Crippen LogP contribution in [-0.2, 0) is 22.1 Å². The van der Waals surface area contributed by atoms with Crippen LogP contribution in [0.3, 0.4) is 0 Å². The molecule has 3 atom stereocenters. The van der Waals surface area contributed by atoms with E-state index < -0.39 is 29.8 Å². The molecule has 2 amide bonds. The van der Waals surface area contributed by atoms with Gasteiger partial charge in [-0.2, -0.15) is 13.2 Å². The number of hydrogen-bond donors (Lipinski definition) is 2. The summed E-state index contributed by atoms with van der Waals surface area (Å²) in [4.78, 5) is 56.7. The highest BCUT2D eigenvalue weighted by Crippen LogP contribution is 2.40. The number of aromatic nitrogens is 3. The zero-order valence-corrected chi connectivity index (χ0v) is 31.0. The molecule has 54 heavy (non-hydrogen) atoms. The fourth-order valence-electron chi connectivity index (χ4n) is 9.20. The Bertz CT molecular complexity index is 2120. The van der Waals surface area contributed by atoms with Crippen molar-refractivity contribution in [3.8, 4) is 0 Å². The third-order valence-electron chi connectivity index (χ3n) is 12.0. The van der Waals surface area contributed by atoms with Crippen LogP contribution in [-0.4, -0.2) is 124 Å². The lowest BCUT2D eigenvalue weighted by atomic mass is 9.99. The number of aromatic amines is 1. The second-order valence-electron chi connectivity index (χ2n) is 15.1. The van der Waals surface area contributed by atoms with Crippen LogP contribution in [0.25, 0.3) is 21.9 Å². The topological polar surface area (TPSA) is 119 Å². The third-order valence-corrected chi connectivity index (χ3v) is 12.3. The van der Waals surface area contributed by atoms with Gasteiger partial charge in [0.15, 0.2) is 6.10 Å². The van der Waals surface area contributed by atoms with Crippen molar-refractivity contribution in [3.63, 3.8) is 0 Å². The quantitative estimate of drug-likeness (QED) is 0.258. The number of carbonyl (C=O) groups excluding carboxylic acids is 2. The van der Waals surface area contributed by atoms with Crippen LogP contribution in [0.2, 0.25) is 5.02 Å². The van der Waals surface area contributed by atoms with Gasteiger partial charge in [-0.25, -0.2) is 9.59 Å². The van der Waals surface area contributed by atoms with Gasteiger partial charge in [0.2, 0.25) is 0 Å². The molecule has 0 aliphatic carbocycles. The van der Waals surface area contributed by atoms with Gasteiger partial charge in [-0.3, -0.25) is 19.2 Å². The van der Waals surface area contributed by atoms with Crippen LogP contribution in [0.15, 0.2) is 47.4 Å². The lowest BCUT2D eigenvalue weighted by molar-refractivity contribution is -0.142. The molecule has 4 fully saturated rings. The number of rotatable bonds is 7. The highest BCUT2D eigenvalue weighted by molar-refractivity contribution is 6.33. The Kier molecular flexibility index (Phi) is 9.76. The molecule has 2 aromatic carbocycles. The van der Waals surface area contributed by atoms with Gasteiger partial charge in [0.05, 0.1) is 39.0 Å². The van der Waals surface area contributed by atoms with E-state index in [4.69, 9.17) is 16.3 Å². The molecule has 0 saturated carbocycles. The number of ether oxygens (including phenoxy) is 1. The SMILES string of the molecule is CNc1c(Cl)cc(CC(OC(=O)N2CCC(n3c(=O)[nH]c4c5ccccc5ncc43)CC2)C(=O)N2CCC(N3CC4CC3CN4C)CC2)cc1C(F)(F)F. The fourth-order valence-corrected chi connectivity index (χ4v) is 9.54. The number of anilines is 1. The number of imidazole rings is 1. The number of nitrogens with one attached hydrogen (secondary N) is 2. The number of piperidine rings is 2. The van der Waals surface area contributed by atoms with Crippen LogP contribution < -0.4 is 11.0 Å². The number of H-pyrrole nitrogens is 1. The lowest BCUT2D eigenvalue weighted by Gasteiger charge is -2.42. The van der Waals surface area contributed by atoms with E-state index in [9.17, 15) is 27.6 Å². The van der Waals surface area contributed by atoms with Gasteiger partial charge >= 0.3 is 18.0 Å². The number of likely N-dealkylation sites (N-methyl/N-ethyl adjacent to an activating group) is 1. The molecule has 4 aliphatic heterocycles. The first-order valence-corrected chi connectivity index (χ1v) is 19.0. The van der Waals surface area contributed by atoms with Gasteiger partial charge < -0.3 is 29.7 Å². The van der Waals surface area contributed by atoms with Gasteiger partial charge in [-0.05, 0) is 62.9 Å². The molecule has 2 aromatic heterocycles. The van der Waals surface area contributed by atoms with Crippen molar-refractivity contribution in [2.45, 2.75) is 75.0 Å². The first-order chi connectivity index (χ1) is 25.9. The summed E-state index contributed by atoms with van der Waals surface area (Å²) in [7, 11) is 3.52. The molecule has 6 heterocycles. The number of fused-ring (bicyclic) bond motifs is 5. The van der Waals surface area contributed by atoms with E-state index >= 15 is 0 Å². The fraction of sp³-hybridized carbons (Fsp3) is 0.526. The number of halogens is 4. The highest BCUT2D eigenvalue weighted by Gasteiger charge is 2.45. The molecular formula is C38H44ClF3N8O4. The summed E-state index contributed by atoms with van der Waals surface area (Å²) in [6.45, 7) is 3.49. The number of amides is 2. The van der Waals surface area contributed by atoms with Gasteiger partial charge in [0.1, 0.15) is 0 Å². The van der Waals surface area contributed by atoms with E-state index in [2.05, 4.69) is 32.1 Å². The zero-order valence-electron chi connectivity index (χ0n) is 30.2. The molecule has 4 aliphatic rings. The Balaban J connectivity index is 0.981. The number of benzene rings is 2. The monoisotopic (exact) mass is 768 g/mol. The number of nitrogens with zero attached hydrogens (tertiary/aromatic N) is 6. The van der Waals surface area contributed by atoms with E-state index in [1.54, 1.807) is 15.7 Å². The van der Waals surface area contributed by atoms with Crippen molar-refractivity contribution in [1.29, 1.82) is 0 Å². The number of hydrogen-bond acceptors (Lipinski definition) is 8. The molecule has 4 aromatic rings. The summed E-state index contributed by atoms with van der Waals surface area (Å²) in [6.07, 6.45) is -1.80. The number of piperazine rings is 1. The third kappa shape index (κ3) is 6.79. The van der Waals surface area contributed by atoms with Crippen LogP contribution >= 0.6 is 11.6 Å². The second-order valence-corrected chi connectivity index (χ2v) is 15.5. The predicted molar refractivity (Wildman–Crippen MR) is 199 cm³/mol. The standard InChI is InChI=1S/C38H44ClF3N8O4/c1-43-34-28(38(40,41)42)15-22(16-29(34)39)17-32(35(51)47-11-7-23(8-12-47)49-21-25-18-26(49)20-46(25)2)54-37(53)48-13-9-24(10-14-48)50-31-19-44-30-6-4-3-5-27(30)33(31)45-36(50)52/h3-6,15-16,19,23-26,32,43H,7-14,17-18,20-21H2,1-2H3,(H,45,52). The first-order valence-electron chi connectivity index (χ1n) is 18.6. The van der Waals surface area contributed by atoms with Crippen molar-refractivity contribution in [2.75, 3.05) is 58.7 Å². The van der Waals surface area contributed by atoms with Crippen LogP contribution in [0.1, 0.15) is 49.3 Å². The molecule has 288 valence electrons. The molecule has 2 bridgehead atoms. The summed E-state index contributed by atoms with van der Waals surface area (Å²) in [5.41, 5.74) is 0.791. The Hall–Kier alpha value is -4.34. The minimum absolute atomic E-state index is 0.128. The average Bonchev–Trinajstić information content (AvgIpc) is 3.85. The maximum atomic E-state index is 14.2. The molecule has 16 heteroatoms. The Morgan fingerprint density at radius 2 is 1.70 bits per heavy atom. The molecular weight excluding hydrogens is 725 g/mol. The van der Waals surface area contributed by atoms with Crippen LogP contribution in [0.5, 0.6) is 0 Å². The summed E-state index contributed by atoms with van der Waals surface area (Å²) in [5, 5.41) is 3.21. The van der Waals surface area contributed by atoms with Gasteiger partial charge in [0.25, 0.3) is 5.91 Å². The van der Waals surface area contributed by atoms with E-state index in [1.165, 1.54) is 18.0 Å². The Labute approximate surface area is 315 Å². The van der Waals surface area contributed by atoms with E-state index in [0.717, 1.165) is 49.3 Å². The lowest BCUT2D eigenvalue weighted by Crippen LogP contribution is -2.54. The van der Waals surface area contributed by atoms with Crippen molar-refractivity contribution in [1.82, 2.24) is 34.1 Å². The molecule has 0 spiro atoms. The zero-order chi connectivity index (χ0) is 37.9. The Morgan fingerprint density at radius 3 is 2.37 bits per heavy atom. The van der Waals surface area contributed by atoms with E-state index in [0.29, 0.717) is 55.1 Å². The number of pyridine rings is 1. The van der Waals surface area contributed by atoms with E-state index in [-0.39, 0.29) is 47.5 Å². The number of likely N-dealkylation sites (tertiary alicyclic amines) is 4. The van der Waals surface area contributed by atoms with Crippen LogP contribution in [0, 0.1) is 0 Å². The first kappa shape index (κ1) is 36.6. The number of alkyl halides is 3. The highest BCUT2D eigenvalue weighted by atomic mass is 35.5. The number of para-hydroxylation sites is 1. The second kappa shape index (κ2) is 14.4. The largest absolute Gasteiger partial charge is 0.436 e. The molecule has 3 unspecified atom stereocenters. The summed E-state index contributed by atoms with van der Waals surface area (Å²) in [6, 6.07) is 11.1. The number of carbonyl (C=O) groups is 2. The minimum atomic E-state index is -4.71.